The van der Waals surface area contributed by atoms with Crippen molar-refractivity contribution in [3.8, 4) is 0 Å². The van der Waals surface area contributed by atoms with Crippen LogP contribution in [0.5, 0.6) is 0 Å². The first kappa shape index (κ1) is 22.0. The second kappa shape index (κ2) is 13.2. The highest BCUT2D eigenvalue weighted by atomic mass is 127. The van der Waals surface area contributed by atoms with Crippen molar-refractivity contribution >= 4 is 29.9 Å². The Balaban J connectivity index is 0.00000288. The molecule has 0 aromatic rings. The monoisotopic (exact) mass is 452 g/mol. The van der Waals surface area contributed by atoms with E-state index in [1.165, 1.54) is 51.6 Å². The van der Waals surface area contributed by atoms with E-state index >= 15 is 0 Å². The Labute approximate surface area is 165 Å². The molecule has 1 aliphatic heterocycles. The summed E-state index contributed by atoms with van der Waals surface area (Å²) in [5.74, 6) is 0.942. The van der Waals surface area contributed by atoms with E-state index in [0.29, 0.717) is 6.04 Å². The Hall–Kier alpha value is -0.0800. The van der Waals surface area contributed by atoms with Gasteiger partial charge in [-0.15, -0.1) is 24.0 Å². The minimum absolute atomic E-state index is 0. The van der Waals surface area contributed by atoms with Gasteiger partial charge in [0.25, 0.3) is 0 Å². The molecule has 1 aliphatic carbocycles. The van der Waals surface area contributed by atoms with Crippen LogP contribution < -0.4 is 10.6 Å². The molecule has 1 heterocycles. The van der Waals surface area contributed by atoms with Gasteiger partial charge in [0.05, 0.1) is 0 Å². The highest BCUT2D eigenvalue weighted by Crippen LogP contribution is 2.26. The van der Waals surface area contributed by atoms with E-state index in [9.17, 15) is 0 Å². The van der Waals surface area contributed by atoms with Gasteiger partial charge >= 0.3 is 0 Å². The minimum Gasteiger partial charge on any atom is -0.381 e. The van der Waals surface area contributed by atoms with E-state index < -0.39 is 0 Å². The van der Waals surface area contributed by atoms with Crippen LogP contribution in [0.2, 0.25) is 0 Å². The van der Waals surface area contributed by atoms with E-state index in [2.05, 4.69) is 27.4 Å². The van der Waals surface area contributed by atoms with Crippen molar-refractivity contribution in [2.75, 3.05) is 39.9 Å². The van der Waals surface area contributed by atoms with Crippen molar-refractivity contribution in [3.05, 3.63) is 0 Å². The average molecular weight is 452 g/mol. The summed E-state index contributed by atoms with van der Waals surface area (Å²) in [6, 6.07) is 1.39. The number of aliphatic imine (C=N–C) groups is 1. The Morgan fingerprint density at radius 1 is 1.17 bits per heavy atom. The van der Waals surface area contributed by atoms with Crippen LogP contribution in [0.3, 0.4) is 0 Å². The van der Waals surface area contributed by atoms with Crippen molar-refractivity contribution in [2.24, 2.45) is 4.99 Å². The second-order valence-electron chi connectivity index (χ2n) is 6.88. The Bertz CT molecular complexity index is 348. The first-order valence-electron chi connectivity index (χ1n) is 9.62. The third-order valence-corrected chi connectivity index (χ3v) is 5.03. The van der Waals surface area contributed by atoms with Gasteiger partial charge in [0.1, 0.15) is 0 Å². The summed E-state index contributed by atoms with van der Waals surface area (Å²) in [7, 11) is 1.86. The number of halogens is 1. The lowest BCUT2D eigenvalue weighted by atomic mass is 10.2. The Morgan fingerprint density at radius 3 is 2.62 bits per heavy atom. The number of guanidine groups is 1. The summed E-state index contributed by atoms with van der Waals surface area (Å²) in [6.45, 7) is 7.25. The average Bonchev–Trinajstić information content (AvgIpc) is 3.24. The number of ether oxygens (including phenoxy) is 1. The lowest BCUT2D eigenvalue weighted by molar-refractivity contribution is 0.129. The third-order valence-electron chi connectivity index (χ3n) is 5.03. The molecule has 0 aromatic heterocycles. The number of hydrogen-bond acceptors (Lipinski definition) is 3. The van der Waals surface area contributed by atoms with E-state index in [0.717, 1.165) is 44.6 Å². The summed E-state index contributed by atoms with van der Waals surface area (Å²) in [5, 5.41) is 7.00. The van der Waals surface area contributed by atoms with Gasteiger partial charge in [-0.25, -0.2) is 0 Å². The molecule has 0 radical (unpaired) electrons. The van der Waals surface area contributed by atoms with Crippen molar-refractivity contribution in [1.82, 2.24) is 15.5 Å². The van der Waals surface area contributed by atoms with E-state index in [-0.39, 0.29) is 24.0 Å². The molecular formula is C18H37IN4O. The normalized spacial score (nSPS) is 22.6. The summed E-state index contributed by atoms with van der Waals surface area (Å²) in [4.78, 5) is 7.04. The predicted octanol–water partition coefficient (Wildman–Crippen LogP) is 2.99. The first-order valence-corrected chi connectivity index (χ1v) is 9.62. The lowest BCUT2D eigenvalue weighted by Gasteiger charge is -2.24. The predicted molar refractivity (Wildman–Crippen MR) is 112 cm³/mol. The van der Waals surface area contributed by atoms with Crippen molar-refractivity contribution in [3.63, 3.8) is 0 Å². The van der Waals surface area contributed by atoms with Gasteiger partial charge in [-0.05, 0) is 32.1 Å². The number of likely N-dealkylation sites (tertiary alicyclic amines) is 1. The number of unbranched alkanes of at least 4 members (excludes halogenated alkanes) is 1. The molecule has 2 N–H and O–H groups in total. The fourth-order valence-corrected chi connectivity index (χ4v) is 3.62. The van der Waals surface area contributed by atoms with Crippen molar-refractivity contribution < 1.29 is 4.74 Å². The quantitative estimate of drug-likeness (QED) is 0.245. The molecule has 24 heavy (non-hydrogen) atoms. The fraction of sp³-hybridized carbons (Fsp3) is 0.944. The molecule has 2 fully saturated rings. The zero-order valence-corrected chi connectivity index (χ0v) is 17.9. The van der Waals surface area contributed by atoms with Crippen LogP contribution in [0.25, 0.3) is 0 Å². The van der Waals surface area contributed by atoms with Crippen molar-refractivity contribution in [1.29, 1.82) is 0 Å². The zero-order chi connectivity index (χ0) is 16.3. The fourth-order valence-electron chi connectivity index (χ4n) is 3.62. The summed E-state index contributed by atoms with van der Waals surface area (Å²) < 4.78 is 5.59. The molecule has 0 spiro atoms. The molecule has 2 aliphatic rings. The largest absolute Gasteiger partial charge is 0.381 e. The van der Waals surface area contributed by atoms with E-state index in [4.69, 9.17) is 4.74 Å². The summed E-state index contributed by atoms with van der Waals surface area (Å²) in [5.41, 5.74) is 0. The molecule has 0 aromatic carbocycles. The molecule has 6 heteroatoms. The maximum Gasteiger partial charge on any atom is 0.191 e. The maximum absolute atomic E-state index is 5.59. The van der Waals surface area contributed by atoms with Gasteiger partial charge in [0, 0.05) is 52.0 Å². The van der Waals surface area contributed by atoms with Crippen LogP contribution in [-0.2, 0) is 4.74 Å². The maximum atomic E-state index is 5.59. The minimum atomic E-state index is 0. The molecule has 1 atom stereocenters. The van der Waals surface area contributed by atoms with Crippen LogP contribution >= 0.6 is 24.0 Å². The van der Waals surface area contributed by atoms with Gasteiger partial charge in [0.15, 0.2) is 5.96 Å². The van der Waals surface area contributed by atoms with E-state index in [1.54, 1.807) is 0 Å². The molecule has 2 rings (SSSR count). The SMILES string of the molecule is CCCCOCCCNC(=NC)NC1CCN(C2CCCC2)C1.I. The molecule has 1 saturated heterocycles. The van der Waals surface area contributed by atoms with Crippen LogP contribution in [0.1, 0.15) is 58.3 Å². The second-order valence-corrected chi connectivity index (χ2v) is 6.88. The number of nitrogens with one attached hydrogen (secondary N) is 2. The van der Waals surface area contributed by atoms with E-state index in [1.807, 2.05) is 7.05 Å². The number of hydrogen-bond donors (Lipinski definition) is 2. The zero-order valence-electron chi connectivity index (χ0n) is 15.6. The molecule has 1 saturated carbocycles. The third kappa shape index (κ3) is 7.87. The molecule has 0 amide bonds. The highest BCUT2D eigenvalue weighted by molar-refractivity contribution is 14.0. The van der Waals surface area contributed by atoms with Gasteiger partial charge in [-0.3, -0.25) is 9.89 Å². The topological polar surface area (TPSA) is 48.9 Å². The molecule has 5 nitrogen and oxygen atoms in total. The van der Waals surface area contributed by atoms with Crippen molar-refractivity contribution in [2.45, 2.75) is 70.4 Å². The first-order chi connectivity index (χ1) is 11.3. The Morgan fingerprint density at radius 2 is 1.92 bits per heavy atom. The Kier molecular flexibility index (Phi) is 12.0. The van der Waals surface area contributed by atoms with Crippen LogP contribution in [-0.4, -0.2) is 62.8 Å². The van der Waals surface area contributed by atoms with Crippen LogP contribution in [0.15, 0.2) is 4.99 Å². The molecule has 0 bridgehead atoms. The lowest BCUT2D eigenvalue weighted by Crippen LogP contribution is -2.45. The molecular weight excluding hydrogens is 415 g/mol. The molecule has 142 valence electrons. The number of rotatable bonds is 9. The van der Waals surface area contributed by atoms with Crippen LogP contribution in [0, 0.1) is 0 Å². The van der Waals surface area contributed by atoms with Gasteiger partial charge in [-0.2, -0.15) is 0 Å². The molecule has 1 unspecified atom stereocenters. The standard InChI is InChI=1S/C18H36N4O.HI/c1-3-4-13-23-14-7-11-20-18(19-2)21-16-10-12-22(15-16)17-8-5-6-9-17;/h16-17H,3-15H2,1-2H3,(H2,19,20,21);1H. The highest BCUT2D eigenvalue weighted by Gasteiger charge is 2.30. The van der Waals surface area contributed by atoms with Crippen LogP contribution in [0.4, 0.5) is 0 Å². The smallest absolute Gasteiger partial charge is 0.191 e. The summed E-state index contributed by atoms with van der Waals surface area (Å²) in [6.07, 6.45) is 10.3. The summed E-state index contributed by atoms with van der Waals surface area (Å²) >= 11 is 0. The number of nitrogens with zero attached hydrogens (tertiary/aromatic N) is 2. The van der Waals surface area contributed by atoms with Gasteiger partial charge in [-0.1, -0.05) is 26.2 Å². The van der Waals surface area contributed by atoms with Gasteiger partial charge in [0.2, 0.25) is 0 Å². The van der Waals surface area contributed by atoms with Gasteiger partial charge < -0.3 is 15.4 Å².